The first-order chi connectivity index (χ1) is 9.47. The van der Waals surface area contributed by atoms with Gasteiger partial charge in [-0.15, -0.1) is 0 Å². The average Bonchev–Trinajstić information content (AvgIpc) is 3.00. The Balaban J connectivity index is 1.49. The van der Waals surface area contributed by atoms with Crippen LogP contribution in [0.15, 0.2) is 0 Å². The van der Waals surface area contributed by atoms with E-state index in [0.29, 0.717) is 5.41 Å². The zero-order valence-corrected chi connectivity index (χ0v) is 14.0. The highest BCUT2D eigenvalue weighted by Gasteiger charge is 2.43. The zero-order chi connectivity index (χ0) is 14.2. The molecule has 3 fully saturated rings. The van der Waals surface area contributed by atoms with Crippen LogP contribution in [0.25, 0.3) is 0 Å². The van der Waals surface area contributed by atoms with Gasteiger partial charge < -0.3 is 5.32 Å². The van der Waals surface area contributed by atoms with Gasteiger partial charge in [-0.3, -0.25) is 0 Å². The van der Waals surface area contributed by atoms with E-state index in [1.54, 1.807) is 0 Å². The molecular formula is C19H35N. The van der Waals surface area contributed by atoms with Crippen molar-refractivity contribution in [3.8, 4) is 0 Å². The van der Waals surface area contributed by atoms with Crippen molar-refractivity contribution in [3.05, 3.63) is 0 Å². The normalized spacial score (nSPS) is 39.8. The number of nitrogens with one attached hydrogen (secondary N) is 1. The second kappa shape index (κ2) is 5.63. The Hall–Kier alpha value is -0.0400. The molecule has 3 saturated carbocycles. The quantitative estimate of drug-likeness (QED) is 0.723. The van der Waals surface area contributed by atoms with Gasteiger partial charge in [0.1, 0.15) is 0 Å². The van der Waals surface area contributed by atoms with Crippen LogP contribution < -0.4 is 5.32 Å². The minimum Gasteiger partial charge on any atom is -0.311 e. The van der Waals surface area contributed by atoms with Crippen LogP contribution in [0.3, 0.4) is 0 Å². The van der Waals surface area contributed by atoms with E-state index in [2.05, 4.69) is 26.1 Å². The molecule has 1 spiro atoms. The highest BCUT2D eigenvalue weighted by atomic mass is 15.0. The van der Waals surface area contributed by atoms with Crippen molar-refractivity contribution < 1.29 is 0 Å². The molecule has 3 rings (SSSR count). The van der Waals surface area contributed by atoms with Crippen molar-refractivity contribution in [1.29, 1.82) is 0 Å². The van der Waals surface area contributed by atoms with Crippen molar-refractivity contribution in [2.24, 2.45) is 16.7 Å². The van der Waals surface area contributed by atoms with E-state index < -0.39 is 0 Å². The van der Waals surface area contributed by atoms with Gasteiger partial charge in [0.05, 0.1) is 0 Å². The summed E-state index contributed by atoms with van der Waals surface area (Å²) in [7, 11) is 0. The molecule has 1 atom stereocenters. The Morgan fingerprint density at radius 3 is 2.00 bits per heavy atom. The molecule has 3 aliphatic carbocycles. The molecular weight excluding hydrogens is 242 g/mol. The predicted octanol–water partition coefficient (Wildman–Crippen LogP) is 5.29. The maximum Gasteiger partial charge on any atom is 0.00751 e. The molecule has 0 aromatic rings. The summed E-state index contributed by atoms with van der Waals surface area (Å²) in [4.78, 5) is 0. The molecule has 0 heterocycles. The predicted molar refractivity (Wildman–Crippen MR) is 86.9 cm³/mol. The molecule has 0 radical (unpaired) electrons. The second-order valence-electron chi connectivity index (χ2n) is 9.23. The minimum absolute atomic E-state index is 0.529. The van der Waals surface area contributed by atoms with E-state index in [1.807, 2.05) is 0 Å². The van der Waals surface area contributed by atoms with Crippen LogP contribution in [0, 0.1) is 16.7 Å². The smallest absolute Gasteiger partial charge is 0.00751 e. The number of rotatable bonds is 2. The van der Waals surface area contributed by atoms with Gasteiger partial charge in [0.15, 0.2) is 0 Å². The fourth-order valence-electron chi connectivity index (χ4n) is 5.33. The molecule has 1 nitrogen and oxygen atoms in total. The summed E-state index contributed by atoms with van der Waals surface area (Å²) in [6.45, 7) is 7.32. The van der Waals surface area contributed by atoms with Gasteiger partial charge in [0, 0.05) is 12.1 Å². The van der Waals surface area contributed by atoms with Gasteiger partial charge in [0.2, 0.25) is 0 Å². The van der Waals surface area contributed by atoms with Gasteiger partial charge in [-0.25, -0.2) is 0 Å². The lowest BCUT2D eigenvalue weighted by Crippen LogP contribution is -2.37. The Morgan fingerprint density at radius 2 is 1.40 bits per heavy atom. The molecule has 0 aliphatic heterocycles. The van der Waals surface area contributed by atoms with Crippen molar-refractivity contribution in [2.75, 3.05) is 0 Å². The molecule has 3 aliphatic rings. The fraction of sp³-hybridized carbons (Fsp3) is 1.00. The molecule has 20 heavy (non-hydrogen) atoms. The molecule has 1 heteroatoms. The van der Waals surface area contributed by atoms with Gasteiger partial charge in [-0.1, -0.05) is 33.6 Å². The maximum absolute atomic E-state index is 3.99. The summed E-state index contributed by atoms with van der Waals surface area (Å²) in [5.74, 6) is 0.968. The van der Waals surface area contributed by atoms with Crippen LogP contribution >= 0.6 is 0 Å². The van der Waals surface area contributed by atoms with Crippen molar-refractivity contribution in [3.63, 3.8) is 0 Å². The highest BCUT2D eigenvalue weighted by molar-refractivity contribution is 4.97. The molecule has 0 bridgehead atoms. The van der Waals surface area contributed by atoms with Crippen LogP contribution in [0.1, 0.15) is 91.4 Å². The van der Waals surface area contributed by atoms with Crippen LogP contribution in [-0.2, 0) is 0 Å². The van der Waals surface area contributed by atoms with Crippen LogP contribution in [0.2, 0.25) is 0 Å². The summed E-state index contributed by atoms with van der Waals surface area (Å²) < 4.78 is 0. The standard InChI is InChI=1S/C19H35N/c1-18(2,3)15-8-11-19(12-9-15)13-10-17(14-19)20-16-6-4-5-7-16/h15-17,20H,4-14H2,1-3H3. The van der Waals surface area contributed by atoms with Crippen molar-refractivity contribution in [2.45, 2.75) is 103 Å². The average molecular weight is 277 g/mol. The van der Waals surface area contributed by atoms with Crippen molar-refractivity contribution >= 4 is 0 Å². The van der Waals surface area contributed by atoms with E-state index in [0.717, 1.165) is 23.4 Å². The lowest BCUT2D eigenvalue weighted by atomic mass is 9.63. The molecule has 0 aromatic carbocycles. The topological polar surface area (TPSA) is 12.0 Å². The Labute approximate surface area is 126 Å². The van der Waals surface area contributed by atoms with Gasteiger partial charge in [0.25, 0.3) is 0 Å². The summed E-state index contributed by atoms with van der Waals surface area (Å²) >= 11 is 0. The van der Waals surface area contributed by atoms with Crippen LogP contribution in [-0.4, -0.2) is 12.1 Å². The third-order valence-corrected chi connectivity index (χ3v) is 6.80. The molecule has 0 aromatic heterocycles. The lowest BCUT2D eigenvalue weighted by Gasteiger charge is -2.42. The van der Waals surface area contributed by atoms with Gasteiger partial charge >= 0.3 is 0 Å². The molecule has 116 valence electrons. The first-order valence-corrected chi connectivity index (χ1v) is 9.23. The molecule has 0 saturated heterocycles. The minimum atomic E-state index is 0.529. The summed E-state index contributed by atoms with van der Waals surface area (Å²) in [6.07, 6.45) is 16.2. The largest absolute Gasteiger partial charge is 0.311 e. The van der Waals surface area contributed by atoms with E-state index in [9.17, 15) is 0 Å². The fourth-order valence-corrected chi connectivity index (χ4v) is 5.33. The second-order valence-corrected chi connectivity index (χ2v) is 9.23. The molecule has 1 unspecified atom stereocenters. The van der Waals surface area contributed by atoms with E-state index in [4.69, 9.17) is 0 Å². The summed E-state index contributed by atoms with van der Waals surface area (Å²) in [5, 5.41) is 3.99. The lowest BCUT2D eigenvalue weighted by molar-refractivity contribution is 0.0897. The number of hydrogen-bond acceptors (Lipinski definition) is 1. The first-order valence-electron chi connectivity index (χ1n) is 9.23. The third-order valence-electron chi connectivity index (χ3n) is 6.80. The molecule has 0 amide bonds. The summed E-state index contributed by atoms with van der Waals surface area (Å²) in [5.41, 5.74) is 1.26. The van der Waals surface area contributed by atoms with Gasteiger partial charge in [-0.2, -0.15) is 0 Å². The zero-order valence-electron chi connectivity index (χ0n) is 14.0. The highest BCUT2D eigenvalue weighted by Crippen LogP contribution is 2.53. The Kier molecular flexibility index (Phi) is 4.19. The maximum atomic E-state index is 3.99. The first kappa shape index (κ1) is 14.9. The van der Waals surface area contributed by atoms with E-state index >= 15 is 0 Å². The van der Waals surface area contributed by atoms with E-state index in [-0.39, 0.29) is 0 Å². The Bertz CT molecular complexity index is 313. The van der Waals surface area contributed by atoms with Gasteiger partial charge in [-0.05, 0) is 74.5 Å². The van der Waals surface area contributed by atoms with Crippen LogP contribution in [0.5, 0.6) is 0 Å². The van der Waals surface area contributed by atoms with E-state index in [1.165, 1.54) is 70.6 Å². The molecule has 1 N–H and O–H groups in total. The van der Waals surface area contributed by atoms with Crippen LogP contribution in [0.4, 0.5) is 0 Å². The SMILES string of the molecule is CC(C)(C)C1CCC2(CCC(NC3CCCC3)C2)CC1. The Morgan fingerprint density at radius 1 is 0.800 bits per heavy atom. The van der Waals surface area contributed by atoms with Crippen molar-refractivity contribution in [1.82, 2.24) is 5.32 Å². The number of hydrogen-bond donors (Lipinski definition) is 1. The summed E-state index contributed by atoms with van der Waals surface area (Å²) in [6, 6.07) is 1.71. The monoisotopic (exact) mass is 277 g/mol. The third kappa shape index (κ3) is 3.24.